The molecule has 3 rings (SSSR count). The fourth-order valence-electron chi connectivity index (χ4n) is 4.93. The summed E-state index contributed by atoms with van der Waals surface area (Å²) in [6.45, 7) is 13.8. The zero-order valence-corrected chi connectivity index (χ0v) is 32.3. The van der Waals surface area contributed by atoms with Gasteiger partial charge < -0.3 is 46.4 Å². The van der Waals surface area contributed by atoms with Crippen molar-refractivity contribution in [1.82, 2.24) is 10.6 Å². The maximum absolute atomic E-state index is 12.4. The number of anilines is 1. The number of phenolic OH excluding ortho intramolecular Hbond substituents is 2. The fraction of sp³-hybridized carbons (Fsp3) is 0.475. The molecule has 12 nitrogen and oxygen atoms in total. The number of hydrogen-bond acceptors (Lipinski definition) is 10. The second kappa shape index (κ2) is 21.8. The van der Waals surface area contributed by atoms with Crippen LogP contribution >= 0.6 is 0 Å². The van der Waals surface area contributed by atoms with E-state index < -0.39 is 23.3 Å². The smallest absolute Gasteiger partial charge is 0.257 e. The van der Waals surface area contributed by atoms with Gasteiger partial charge in [-0.05, 0) is 113 Å². The Balaban J connectivity index is 0.000000669. The first-order chi connectivity index (χ1) is 24.5. The number of aldehydes is 1. The molecule has 12 heteroatoms. The quantitative estimate of drug-likeness (QED) is 0.0269. The second-order valence-corrected chi connectivity index (χ2v) is 13.2. The molecule has 3 aromatic rings. The molecule has 2 atom stereocenters. The SMILES string of the molecule is CC.CNC(=O)C(N)N(C(=N)c1cc(C(C)C)c(O)cc1O)c1ccc(Oc2ccc(C=O)cc2)cc1.CNCCCCCCC(C)(O)C(C)(C)O. The van der Waals surface area contributed by atoms with Crippen molar-refractivity contribution in [2.45, 2.75) is 104 Å². The number of likely N-dealkylation sites (N-methyl/N-ethyl adjacent to an activating group) is 1. The van der Waals surface area contributed by atoms with Crippen molar-refractivity contribution in [3.05, 3.63) is 77.4 Å². The highest BCUT2D eigenvalue weighted by molar-refractivity contribution is 6.12. The Morgan fingerprint density at radius 3 is 1.92 bits per heavy atom. The summed E-state index contributed by atoms with van der Waals surface area (Å²) in [5, 5.41) is 54.8. The summed E-state index contributed by atoms with van der Waals surface area (Å²) >= 11 is 0. The van der Waals surface area contributed by atoms with Crippen molar-refractivity contribution < 1.29 is 34.8 Å². The van der Waals surface area contributed by atoms with Crippen molar-refractivity contribution in [2.75, 3.05) is 25.5 Å². The summed E-state index contributed by atoms with van der Waals surface area (Å²) in [5.74, 6) is -0.206. The molecule has 0 bridgehead atoms. The molecule has 288 valence electrons. The van der Waals surface area contributed by atoms with Crippen LogP contribution in [0.3, 0.4) is 0 Å². The van der Waals surface area contributed by atoms with Crippen LogP contribution in [0.15, 0.2) is 60.7 Å². The zero-order chi connectivity index (χ0) is 39.6. The van der Waals surface area contributed by atoms with Crippen molar-refractivity contribution in [3.8, 4) is 23.0 Å². The van der Waals surface area contributed by atoms with Crippen molar-refractivity contribution >= 4 is 23.7 Å². The molecule has 52 heavy (non-hydrogen) atoms. The van der Waals surface area contributed by atoms with Crippen molar-refractivity contribution in [1.29, 1.82) is 5.41 Å². The fourth-order valence-corrected chi connectivity index (χ4v) is 4.93. The number of unbranched alkanes of at least 4 members (excludes halogenated alkanes) is 3. The maximum Gasteiger partial charge on any atom is 0.257 e. The predicted octanol–water partition coefficient (Wildman–Crippen LogP) is 6.39. The van der Waals surface area contributed by atoms with Crippen LogP contribution in [0.2, 0.25) is 0 Å². The normalized spacial score (nSPS) is 12.6. The van der Waals surface area contributed by atoms with E-state index in [1.807, 2.05) is 34.7 Å². The van der Waals surface area contributed by atoms with E-state index in [1.54, 1.807) is 69.3 Å². The Bertz CT molecular complexity index is 1540. The molecular formula is C40H61N5O7. The van der Waals surface area contributed by atoms with Gasteiger partial charge in [-0.3, -0.25) is 15.0 Å². The van der Waals surface area contributed by atoms with Crippen molar-refractivity contribution in [3.63, 3.8) is 0 Å². The predicted molar refractivity (Wildman–Crippen MR) is 209 cm³/mol. The number of rotatable bonds is 16. The Morgan fingerprint density at radius 2 is 1.44 bits per heavy atom. The van der Waals surface area contributed by atoms with E-state index in [4.69, 9.17) is 15.9 Å². The molecule has 0 spiro atoms. The molecule has 0 fully saturated rings. The molecule has 9 N–H and O–H groups in total. The second-order valence-electron chi connectivity index (χ2n) is 13.2. The number of aromatic hydroxyl groups is 2. The van der Waals surface area contributed by atoms with Gasteiger partial charge in [-0.1, -0.05) is 47.0 Å². The number of nitrogens with one attached hydrogen (secondary N) is 3. The summed E-state index contributed by atoms with van der Waals surface area (Å²) in [6.07, 6.45) is 4.59. The van der Waals surface area contributed by atoms with Crippen LogP contribution in [0.1, 0.15) is 108 Å². The summed E-state index contributed by atoms with van der Waals surface area (Å²) in [6, 6.07) is 15.9. The topological polar surface area (TPSA) is 201 Å². The van der Waals surface area contributed by atoms with Crippen LogP contribution < -0.4 is 26.0 Å². The summed E-state index contributed by atoms with van der Waals surface area (Å²) < 4.78 is 5.79. The number of benzene rings is 3. The average Bonchev–Trinajstić information content (AvgIpc) is 3.11. The lowest BCUT2D eigenvalue weighted by atomic mass is 9.83. The third-order valence-corrected chi connectivity index (χ3v) is 8.58. The minimum Gasteiger partial charge on any atom is -0.508 e. The Morgan fingerprint density at radius 1 is 0.904 bits per heavy atom. The first-order valence-corrected chi connectivity index (χ1v) is 17.8. The van der Waals surface area contributed by atoms with Crippen LogP contribution in [0.25, 0.3) is 0 Å². The molecule has 0 radical (unpaired) electrons. The first-order valence-electron chi connectivity index (χ1n) is 17.8. The lowest BCUT2D eigenvalue weighted by molar-refractivity contribution is -0.124. The third kappa shape index (κ3) is 13.6. The molecule has 1 amide bonds. The highest BCUT2D eigenvalue weighted by atomic mass is 16.5. The first kappa shape index (κ1) is 45.5. The van der Waals surface area contributed by atoms with E-state index in [-0.39, 0.29) is 28.8 Å². The Kier molecular flexibility index (Phi) is 19.1. The van der Waals surface area contributed by atoms with E-state index in [9.17, 15) is 30.0 Å². The van der Waals surface area contributed by atoms with Crippen LogP contribution in [-0.4, -0.2) is 76.5 Å². The van der Waals surface area contributed by atoms with Gasteiger partial charge in [0.15, 0.2) is 6.17 Å². The lowest BCUT2D eigenvalue weighted by Crippen LogP contribution is -2.54. The number of aliphatic hydroxyl groups is 2. The largest absolute Gasteiger partial charge is 0.508 e. The highest BCUT2D eigenvalue weighted by Gasteiger charge is 2.36. The highest BCUT2D eigenvalue weighted by Crippen LogP contribution is 2.34. The standard InChI is InChI=1S/C26H28N4O5.C12H27NO2.C2H6/c1-15(2)20-12-21(23(33)13-22(20)32)24(27)30(25(28)26(34)29-3)17-6-10-19(11-7-17)35-18-8-4-16(14-31)5-9-18;1-11(2,14)12(3,15)9-7-5-6-8-10-13-4;1-2/h4-15,25,27,32-33H,28H2,1-3H3,(H,29,34);13-15H,5-10H2,1-4H3;1-2H3. The summed E-state index contributed by atoms with van der Waals surface area (Å²) in [4.78, 5) is 24.5. The van der Waals surface area contributed by atoms with Gasteiger partial charge in [0.25, 0.3) is 5.91 Å². The van der Waals surface area contributed by atoms with Gasteiger partial charge in [0.1, 0.15) is 35.1 Å². The number of nitrogens with two attached hydrogens (primary N) is 1. The van der Waals surface area contributed by atoms with E-state index in [1.165, 1.54) is 36.9 Å². The molecular weight excluding hydrogens is 662 g/mol. The van der Waals surface area contributed by atoms with Gasteiger partial charge in [0.2, 0.25) is 0 Å². The summed E-state index contributed by atoms with van der Waals surface area (Å²) in [5.41, 5.74) is 5.79. The van der Waals surface area contributed by atoms with Gasteiger partial charge in [-0.25, -0.2) is 0 Å². The van der Waals surface area contributed by atoms with Crippen LogP contribution in [0.5, 0.6) is 23.0 Å². The summed E-state index contributed by atoms with van der Waals surface area (Å²) in [7, 11) is 3.39. The Labute approximate surface area is 309 Å². The number of phenols is 2. The molecule has 0 aliphatic rings. The lowest BCUT2D eigenvalue weighted by Gasteiger charge is -2.35. The minimum absolute atomic E-state index is 0.0692. The van der Waals surface area contributed by atoms with Gasteiger partial charge >= 0.3 is 0 Å². The molecule has 0 saturated carbocycles. The molecule has 0 aliphatic heterocycles. The van der Waals surface area contributed by atoms with Crippen molar-refractivity contribution in [2.24, 2.45) is 5.73 Å². The molecule has 0 heterocycles. The van der Waals surface area contributed by atoms with Gasteiger partial charge in [-0.2, -0.15) is 0 Å². The number of carbonyl (C=O) groups is 2. The van der Waals surface area contributed by atoms with E-state index in [0.29, 0.717) is 34.7 Å². The average molecular weight is 724 g/mol. The van der Waals surface area contributed by atoms with Crippen LogP contribution in [0, 0.1) is 5.41 Å². The number of amidine groups is 1. The van der Waals surface area contributed by atoms with E-state index in [2.05, 4.69) is 10.6 Å². The van der Waals surface area contributed by atoms with Gasteiger partial charge in [0, 0.05) is 24.4 Å². The maximum atomic E-state index is 12.4. The minimum atomic E-state index is -1.27. The number of hydrogen-bond donors (Lipinski definition) is 8. The molecule has 0 aliphatic carbocycles. The molecule has 2 unspecified atom stereocenters. The van der Waals surface area contributed by atoms with Crippen LogP contribution in [-0.2, 0) is 4.79 Å². The van der Waals surface area contributed by atoms with E-state index in [0.717, 1.165) is 25.7 Å². The molecule has 3 aromatic carbocycles. The third-order valence-electron chi connectivity index (χ3n) is 8.58. The van der Waals surface area contributed by atoms with E-state index >= 15 is 0 Å². The Hall–Kier alpha value is -4.49. The monoisotopic (exact) mass is 723 g/mol. The van der Waals surface area contributed by atoms with Gasteiger partial charge in [0.05, 0.1) is 16.8 Å². The number of ether oxygens (including phenoxy) is 1. The number of nitrogens with zero attached hydrogens (tertiary/aromatic N) is 1. The number of carbonyl (C=O) groups excluding carboxylic acids is 2. The van der Waals surface area contributed by atoms with Crippen LogP contribution in [0.4, 0.5) is 5.69 Å². The number of amides is 1. The molecule has 0 aromatic heterocycles. The molecule has 0 saturated heterocycles. The van der Waals surface area contributed by atoms with Gasteiger partial charge in [-0.15, -0.1) is 0 Å². The zero-order valence-electron chi connectivity index (χ0n) is 32.3.